The van der Waals surface area contributed by atoms with Crippen molar-refractivity contribution in [3.05, 3.63) is 41.5 Å². The van der Waals surface area contributed by atoms with Crippen molar-refractivity contribution in [3.63, 3.8) is 0 Å². The van der Waals surface area contributed by atoms with E-state index in [0.717, 1.165) is 18.4 Å². The van der Waals surface area contributed by atoms with Crippen molar-refractivity contribution in [2.45, 2.75) is 43.9 Å². The number of nitrogens with one attached hydrogen (secondary N) is 1. The molecule has 0 aliphatic carbocycles. The number of benzene rings is 1. The van der Waals surface area contributed by atoms with Crippen molar-refractivity contribution in [2.75, 3.05) is 19.6 Å². The highest BCUT2D eigenvalue weighted by atomic mass is 32.2. The van der Waals surface area contributed by atoms with Crippen molar-refractivity contribution in [1.82, 2.24) is 19.8 Å². The van der Waals surface area contributed by atoms with E-state index in [0.29, 0.717) is 31.3 Å². The summed E-state index contributed by atoms with van der Waals surface area (Å²) in [5, 5.41) is 3.83. The Bertz CT molecular complexity index is 892. The van der Waals surface area contributed by atoms with Crippen LogP contribution in [0.15, 0.2) is 33.7 Å². The molecule has 0 bridgehead atoms. The van der Waals surface area contributed by atoms with Gasteiger partial charge in [0.1, 0.15) is 0 Å². The Balaban J connectivity index is 1.63. The van der Waals surface area contributed by atoms with Gasteiger partial charge in [-0.2, -0.15) is 4.98 Å². The maximum Gasteiger partial charge on any atom is 0.240 e. The molecule has 1 aromatic carbocycles. The van der Waals surface area contributed by atoms with Crippen LogP contribution < -0.4 is 4.72 Å². The zero-order valence-electron chi connectivity index (χ0n) is 15.5. The summed E-state index contributed by atoms with van der Waals surface area (Å²) in [7, 11) is -3.48. The van der Waals surface area contributed by atoms with Crippen LogP contribution in [0.4, 0.5) is 0 Å². The topological polar surface area (TPSA) is 105 Å². The van der Waals surface area contributed by atoms with Crippen LogP contribution in [-0.2, 0) is 21.2 Å². The van der Waals surface area contributed by atoms with Crippen LogP contribution in [-0.4, -0.2) is 49.0 Å². The lowest BCUT2D eigenvalue weighted by Gasteiger charge is -2.31. The quantitative estimate of drug-likeness (QED) is 0.801. The van der Waals surface area contributed by atoms with Crippen LogP contribution in [0.5, 0.6) is 0 Å². The van der Waals surface area contributed by atoms with E-state index >= 15 is 0 Å². The Hall–Kier alpha value is -2.26. The van der Waals surface area contributed by atoms with Crippen LogP contribution in [0.1, 0.15) is 43.0 Å². The maximum atomic E-state index is 12.7. The number of aryl methyl sites for hydroxylation is 1. The number of amides is 1. The third-order valence-corrected chi connectivity index (χ3v) is 6.15. The molecule has 1 aliphatic heterocycles. The molecule has 0 spiro atoms. The summed E-state index contributed by atoms with van der Waals surface area (Å²) in [5.41, 5.74) is 0.784. The minimum absolute atomic E-state index is 0.0122. The second-order valence-corrected chi connectivity index (χ2v) is 8.45. The lowest BCUT2D eigenvalue weighted by atomic mass is 9.97. The average Bonchev–Trinajstić information content (AvgIpc) is 3.09. The molecular weight excluding hydrogens is 368 g/mol. The highest BCUT2D eigenvalue weighted by molar-refractivity contribution is 7.89. The molecule has 1 aromatic heterocycles. The van der Waals surface area contributed by atoms with E-state index in [1.165, 1.54) is 12.1 Å². The number of sulfonamides is 1. The molecule has 1 atom stereocenters. The smallest absolute Gasteiger partial charge is 0.240 e. The Morgan fingerprint density at radius 3 is 2.70 bits per heavy atom. The van der Waals surface area contributed by atoms with Crippen LogP contribution >= 0.6 is 0 Å². The molecular formula is C18H24N4O4S. The van der Waals surface area contributed by atoms with Gasteiger partial charge < -0.3 is 9.42 Å². The summed E-state index contributed by atoms with van der Waals surface area (Å²) in [4.78, 5) is 19.0. The van der Waals surface area contributed by atoms with Gasteiger partial charge in [-0.15, -0.1) is 0 Å². The molecule has 2 aromatic rings. The van der Waals surface area contributed by atoms with Crippen LogP contribution in [0.25, 0.3) is 0 Å². The van der Waals surface area contributed by atoms with Crippen molar-refractivity contribution in [3.8, 4) is 0 Å². The molecule has 1 N–H and O–H groups in total. The Kier molecular flexibility index (Phi) is 5.91. The summed E-state index contributed by atoms with van der Waals surface area (Å²) in [5.74, 6) is 1.26. The predicted octanol–water partition coefficient (Wildman–Crippen LogP) is 1.62. The van der Waals surface area contributed by atoms with E-state index in [1.54, 1.807) is 26.0 Å². The van der Waals surface area contributed by atoms with Gasteiger partial charge in [-0.25, -0.2) is 13.1 Å². The van der Waals surface area contributed by atoms with Gasteiger partial charge in [-0.3, -0.25) is 4.79 Å². The molecule has 146 valence electrons. The molecule has 0 radical (unpaired) electrons. The fourth-order valence-corrected chi connectivity index (χ4v) is 4.27. The number of aromatic nitrogens is 2. The zero-order chi connectivity index (χ0) is 19.4. The second-order valence-electron chi connectivity index (χ2n) is 6.68. The first-order valence-corrected chi connectivity index (χ1v) is 10.5. The third kappa shape index (κ3) is 4.72. The van der Waals surface area contributed by atoms with E-state index in [-0.39, 0.29) is 23.1 Å². The molecule has 1 aliphatic rings. The molecule has 8 nitrogen and oxygen atoms in total. The summed E-state index contributed by atoms with van der Waals surface area (Å²) < 4.78 is 31.7. The van der Waals surface area contributed by atoms with Crippen molar-refractivity contribution >= 4 is 15.9 Å². The van der Waals surface area contributed by atoms with E-state index in [2.05, 4.69) is 14.9 Å². The van der Waals surface area contributed by atoms with Crippen LogP contribution in [0.2, 0.25) is 0 Å². The van der Waals surface area contributed by atoms with Gasteiger partial charge in [-0.05, 0) is 37.5 Å². The fourth-order valence-electron chi connectivity index (χ4n) is 3.23. The summed E-state index contributed by atoms with van der Waals surface area (Å²) in [6.07, 6.45) is 2.04. The lowest BCUT2D eigenvalue weighted by molar-refractivity contribution is -0.131. The minimum Gasteiger partial charge on any atom is -0.342 e. The standard InChI is InChI=1S/C18H24N4O4S/c1-3-19-27(24,25)16-8-6-14(7-9-16)11-17(23)22-10-4-5-15(12-22)18-20-13(2)21-26-18/h6-9,15,19H,3-5,10-12H2,1-2H3. The zero-order valence-corrected chi connectivity index (χ0v) is 16.3. The lowest BCUT2D eigenvalue weighted by Crippen LogP contribution is -2.40. The summed E-state index contributed by atoms with van der Waals surface area (Å²) in [6.45, 7) is 5.10. The van der Waals surface area contributed by atoms with E-state index in [1.807, 2.05) is 4.90 Å². The number of carbonyl (C=O) groups excluding carboxylic acids is 1. The normalized spacial score (nSPS) is 17.9. The summed E-state index contributed by atoms with van der Waals surface area (Å²) in [6, 6.07) is 6.43. The number of carbonyl (C=O) groups is 1. The molecule has 1 fully saturated rings. The highest BCUT2D eigenvalue weighted by Gasteiger charge is 2.28. The fraction of sp³-hybridized carbons (Fsp3) is 0.500. The van der Waals surface area contributed by atoms with Gasteiger partial charge in [-0.1, -0.05) is 24.2 Å². The van der Waals surface area contributed by atoms with Gasteiger partial charge >= 0.3 is 0 Å². The molecule has 1 saturated heterocycles. The SMILES string of the molecule is CCNS(=O)(=O)c1ccc(CC(=O)N2CCCC(c3nc(C)no3)C2)cc1. The first kappa shape index (κ1) is 19.5. The molecule has 0 saturated carbocycles. The number of likely N-dealkylation sites (tertiary alicyclic amines) is 1. The third-order valence-electron chi connectivity index (χ3n) is 4.59. The number of hydrogen-bond donors (Lipinski definition) is 1. The molecule has 2 heterocycles. The van der Waals surface area contributed by atoms with E-state index in [9.17, 15) is 13.2 Å². The first-order valence-electron chi connectivity index (χ1n) is 9.05. The molecule has 27 heavy (non-hydrogen) atoms. The second kappa shape index (κ2) is 8.18. The maximum absolute atomic E-state index is 12.7. The first-order chi connectivity index (χ1) is 12.9. The predicted molar refractivity (Wildman–Crippen MR) is 98.6 cm³/mol. The summed E-state index contributed by atoms with van der Waals surface area (Å²) >= 11 is 0. The van der Waals surface area contributed by atoms with Gasteiger partial charge in [0.05, 0.1) is 17.2 Å². The highest BCUT2D eigenvalue weighted by Crippen LogP contribution is 2.26. The van der Waals surface area contributed by atoms with Gasteiger partial charge in [0.15, 0.2) is 5.82 Å². The molecule has 9 heteroatoms. The Morgan fingerprint density at radius 2 is 2.07 bits per heavy atom. The molecule has 1 unspecified atom stereocenters. The van der Waals surface area contributed by atoms with Gasteiger partial charge in [0, 0.05) is 19.6 Å². The van der Waals surface area contributed by atoms with Gasteiger partial charge in [0.25, 0.3) is 0 Å². The van der Waals surface area contributed by atoms with Crippen LogP contribution in [0.3, 0.4) is 0 Å². The number of nitrogens with zero attached hydrogens (tertiary/aromatic N) is 3. The average molecular weight is 392 g/mol. The number of rotatable bonds is 6. The Labute approximate surface area is 159 Å². The van der Waals surface area contributed by atoms with E-state index in [4.69, 9.17) is 4.52 Å². The van der Waals surface area contributed by atoms with Crippen molar-refractivity contribution < 1.29 is 17.7 Å². The number of piperidine rings is 1. The minimum atomic E-state index is -3.48. The molecule has 3 rings (SSSR count). The van der Waals surface area contributed by atoms with Crippen molar-refractivity contribution in [1.29, 1.82) is 0 Å². The largest absolute Gasteiger partial charge is 0.342 e. The monoisotopic (exact) mass is 392 g/mol. The number of hydrogen-bond acceptors (Lipinski definition) is 6. The van der Waals surface area contributed by atoms with Crippen molar-refractivity contribution in [2.24, 2.45) is 0 Å². The van der Waals surface area contributed by atoms with E-state index < -0.39 is 10.0 Å². The van der Waals surface area contributed by atoms with Gasteiger partial charge in [0.2, 0.25) is 21.8 Å². The molecule has 1 amide bonds. The van der Waals surface area contributed by atoms with Crippen LogP contribution in [0, 0.1) is 6.92 Å². The Morgan fingerprint density at radius 1 is 1.33 bits per heavy atom.